The van der Waals surface area contributed by atoms with Gasteiger partial charge in [-0.05, 0) is 35.6 Å². The summed E-state index contributed by atoms with van der Waals surface area (Å²) in [5, 5.41) is 13.3. The quantitative estimate of drug-likeness (QED) is 0.509. The van der Waals surface area contributed by atoms with Gasteiger partial charge in [0, 0.05) is 6.54 Å². The minimum Gasteiger partial charge on any atom is -0.351 e. The fraction of sp³-hybridized carbons (Fsp3) is 0.188. The third kappa shape index (κ3) is 4.18. The monoisotopic (exact) mass is 377 g/mol. The van der Waals surface area contributed by atoms with Crippen LogP contribution in [0.2, 0.25) is 0 Å². The Balaban J connectivity index is 1.53. The highest BCUT2D eigenvalue weighted by atomic mass is 32.2. The first-order chi connectivity index (χ1) is 12.0. The van der Waals surface area contributed by atoms with Crippen LogP contribution in [0.3, 0.4) is 0 Å². The first-order valence-corrected chi connectivity index (χ1v) is 9.30. The molecule has 25 heavy (non-hydrogen) atoms. The molecule has 3 N–H and O–H groups in total. The van der Waals surface area contributed by atoms with E-state index < -0.39 is 0 Å². The van der Waals surface area contributed by atoms with Gasteiger partial charge in [-0.2, -0.15) is 0 Å². The summed E-state index contributed by atoms with van der Waals surface area (Å²) in [6.07, 6.45) is 0. The van der Waals surface area contributed by atoms with Crippen LogP contribution in [-0.2, 0) is 11.3 Å². The standard InChI is InChI=1S/C16H16FN5OS2/c1-10-7-11(4-5-12(10)17)8-19-14(23)9-25-16-21-20-15(22(16)18)13-3-2-6-24-13/h2-7H,8-9,18H2,1H3,(H,19,23). The lowest BCUT2D eigenvalue weighted by molar-refractivity contribution is -0.118. The molecule has 6 nitrogen and oxygen atoms in total. The number of thioether (sulfide) groups is 1. The van der Waals surface area contributed by atoms with Crippen LogP contribution >= 0.6 is 23.1 Å². The zero-order valence-corrected chi connectivity index (χ0v) is 15.0. The third-order valence-corrected chi connectivity index (χ3v) is 5.26. The van der Waals surface area contributed by atoms with E-state index in [9.17, 15) is 9.18 Å². The van der Waals surface area contributed by atoms with Crippen molar-refractivity contribution in [1.29, 1.82) is 0 Å². The summed E-state index contributed by atoms with van der Waals surface area (Å²) in [6, 6.07) is 8.58. The molecule has 130 valence electrons. The van der Waals surface area contributed by atoms with Crippen LogP contribution in [0.4, 0.5) is 4.39 Å². The van der Waals surface area contributed by atoms with Gasteiger partial charge in [0.15, 0.2) is 5.82 Å². The first-order valence-electron chi connectivity index (χ1n) is 7.43. The summed E-state index contributed by atoms with van der Waals surface area (Å²) in [5.74, 6) is 6.31. The van der Waals surface area contributed by atoms with Crippen LogP contribution in [-0.4, -0.2) is 26.5 Å². The van der Waals surface area contributed by atoms with Crippen LogP contribution in [0.25, 0.3) is 10.7 Å². The second kappa shape index (κ2) is 7.66. The number of aromatic nitrogens is 3. The van der Waals surface area contributed by atoms with Gasteiger partial charge in [-0.15, -0.1) is 21.5 Å². The fourth-order valence-electron chi connectivity index (χ4n) is 2.15. The van der Waals surface area contributed by atoms with Crippen molar-refractivity contribution >= 4 is 29.0 Å². The maximum atomic E-state index is 13.2. The number of halogens is 1. The Kier molecular flexibility index (Phi) is 5.34. The van der Waals surface area contributed by atoms with Gasteiger partial charge in [0.25, 0.3) is 0 Å². The van der Waals surface area contributed by atoms with E-state index in [0.29, 0.717) is 23.1 Å². The molecule has 0 fully saturated rings. The van der Waals surface area contributed by atoms with Gasteiger partial charge in [0.1, 0.15) is 5.82 Å². The number of nitrogens with two attached hydrogens (primary N) is 1. The number of carbonyl (C=O) groups excluding carboxylic acids is 1. The minimum atomic E-state index is -0.255. The van der Waals surface area contributed by atoms with Crippen LogP contribution in [0.15, 0.2) is 40.9 Å². The van der Waals surface area contributed by atoms with Crippen molar-refractivity contribution in [1.82, 2.24) is 20.2 Å². The molecule has 0 saturated carbocycles. The number of nitrogen functional groups attached to an aromatic ring is 1. The molecule has 1 aromatic carbocycles. The van der Waals surface area contributed by atoms with Gasteiger partial charge in [0.2, 0.25) is 11.1 Å². The smallest absolute Gasteiger partial charge is 0.230 e. The van der Waals surface area contributed by atoms with E-state index >= 15 is 0 Å². The number of rotatable bonds is 6. The number of benzene rings is 1. The van der Waals surface area contributed by atoms with Crippen molar-refractivity contribution in [3.8, 4) is 10.7 Å². The van der Waals surface area contributed by atoms with Crippen LogP contribution in [0.1, 0.15) is 11.1 Å². The van der Waals surface area contributed by atoms with Crippen LogP contribution in [0.5, 0.6) is 0 Å². The number of nitrogens with zero attached hydrogens (tertiary/aromatic N) is 3. The van der Waals surface area contributed by atoms with E-state index in [2.05, 4.69) is 15.5 Å². The highest BCUT2D eigenvalue weighted by Crippen LogP contribution is 2.24. The highest BCUT2D eigenvalue weighted by Gasteiger charge is 2.14. The summed E-state index contributed by atoms with van der Waals surface area (Å²) in [5.41, 5.74) is 1.40. The van der Waals surface area contributed by atoms with Gasteiger partial charge in [-0.25, -0.2) is 9.07 Å². The number of hydrogen-bond donors (Lipinski definition) is 2. The van der Waals surface area contributed by atoms with Crippen molar-refractivity contribution in [2.45, 2.75) is 18.6 Å². The molecule has 2 aromatic heterocycles. The summed E-state index contributed by atoms with van der Waals surface area (Å²) < 4.78 is 14.6. The molecule has 1 amide bonds. The predicted molar refractivity (Wildman–Crippen MR) is 97.2 cm³/mol. The Morgan fingerprint density at radius 3 is 2.96 bits per heavy atom. The van der Waals surface area contributed by atoms with Crippen molar-refractivity contribution < 1.29 is 9.18 Å². The molecule has 0 unspecified atom stereocenters. The molecule has 0 aliphatic carbocycles. The van der Waals surface area contributed by atoms with Crippen molar-refractivity contribution in [3.05, 3.63) is 52.7 Å². The molecule has 0 bridgehead atoms. The van der Waals surface area contributed by atoms with Gasteiger partial charge < -0.3 is 11.2 Å². The van der Waals surface area contributed by atoms with Crippen molar-refractivity contribution in [3.63, 3.8) is 0 Å². The lowest BCUT2D eigenvalue weighted by Gasteiger charge is -2.06. The normalized spacial score (nSPS) is 10.8. The topological polar surface area (TPSA) is 85.8 Å². The van der Waals surface area contributed by atoms with E-state index in [1.54, 1.807) is 19.1 Å². The Hall–Kier alpha value is -2.39. The van der Waals surface area contributed by atoms with Crippen LogP contribution in [0, 0.1) is 12.7 Å². The van der Waals surface area contributed by atoms with E-state index in [0.717, 1.165) is 10.4 Å². The Labute approximate surface area is 152 Å². The van der Waals surface area contributed by atoms with Gasteiger partial charge in [0.05, 0.1) is 10.6 Å². The lowest BCUT2D eigenvalue weighted by atomic mass is 10.1. The molecule has 3 rings (SSSR count). The van der Waals surface area contributed by atoms with Gasteiger partial charge in [-0.3, -0.25) is 4.79 Å². The maximum absolute atomic E-state index is 13.2. The summed E-state index contributed by atoms with van der Waals surface area (Å²) in [4.78, 5) is 12.9. The van der Waals surface area contributed by atoms with E-state index in [-0.39, 0.29) is 17.5 Å². The largest absolute Gasteiger partial charge is 0.351 e. The van der Waals surface area contributed by atoms with E-state index in [1.165, 1.54) is 33.8 Å². The summed E-state index contributed by atoms with van der Waals surface area (Å²) in [6.45, 7) is 2.03. The molecule has 0 aliphatic rings. The van der Waals surface area contributed by atoms with Crippen LogP contribution < -0.4 is 11.2 Å². The molecule has 3 aromatic rings. The average molecular weight is 377 g/mol. The molecule has 9 heteroatoms. The molecule has 0 saturated heterocycles. The zero-order chi connectivity index (χ0) is 17.8. The first kappa shape index (κ1) is 17.4. The second-order valence-corrected chi connectivity index (χ2v) is 7.19. The molecular formula is C16H16FN5OS2. The van der Waals surface area contributed by atoms with Gasteiger partial charge >= 0.3 is 0 Å². The molecule has 0 atom stereocenters. The molecular weight excluding hydrogens is 361 g/mol. The van der Waals surface area contributed by atoms with Crippen molar-refractivity contribution in [2.75, 3.05) is 11.6 Å². The number of carbonyl (C=O) groups is 1. The van der Waals surface area contributed by atoms with E-state index in [1.807, 2.05) is 17.5 Å². The summed E-state index contributed by atoms with van der Waals surface area (Å²) >= 11 is 2.73. The maximum Gasteiger partial charge on any atom is 0.230 e. The summed E-state index contributed by atoms with van der Waals surface area (Å²) in [7, 11) is 0. The Morgan fingerprint density at radius 2 is 2.24 bits per heavy atom. The lowest BCUT2D eigenvalue weighted by Crippen LogP contribution is -2.25. The highest BCUT2D eigenvalue weighted by molar-refractivity contribution is 7.99. The zero-order valence-electron chi connectivity index (χ0n) is 13.4. The predicted octanol–water partition coefficient (Wildman–Crippen LogP) is 2.58. The molecule has 0 spiro atoms. The number of thiophene rings is 1. The fourth-order valence-corrected chi connectivity index (χ4v) is 3.54. The Bertz CT molecular complexity index is 879. The molecule has 2 heterocycles. The van der Waals surface area contributed by atoms with Gasteiger partial charge in [-0.1, -0.05) is 30.0 Å². The second-order valence-electron chi connectivity index (χ2n) is 5.30. The Morgan fingerprint density at radius 1 is 1.40 bits per heavy atom. The van der Waals surface area contributed by atoms with Crippen molar-refractivity contribution in [2.24, 2.45) is 0 Å². The number of hydrogen-bond acceptors (Lipinski definition) is 6. The number of nitrogens with one attached hydrogen (secondary N) is 1. The molecule has 0 radical (unpaired) electrons. The number of aryl methyl sites for hydroxylation is 1. The minimum absolute atomic E-state index is 0.160. The number of amides is 1. The third-order valence-electron chi connectivity index (χ3n) is 3.45. The SMILES string of the molecule is Cc1cc(CNC(=O)CSc2nnc(-c3cccs3)n2N)ccc1F. The molecule has 0 aliphatic heterocycles. The average Bonchev–Trinajstić information content (AvgIpc) is 3.24. The van der Waals surface area contributed by atoms with E-state index in [4.69, 9.17) is 5.84 Å².